The zero-order valence-electron chi connectivity index (χ0n) is 14.5. The smallest absolute Gasteiger partial charge is 0.251 e. The molecule has 0 bridgehead atoms. The Kier molecular flexibility index (Phi) is 6.18. The van der Waals surface area contributed by atoms with Gasteiger partial charge < -0.3 is 10.6 Å². The molecule has 0 aromatic heterocycles. The maximum atomic E-state index is 12.9. The Bertz CT molecular complexity index is 664. The quantitative estimate of drug-likeness (QED) is 0.780. The van der Waals surface area contributed by atoms with Gasteiger partial charge in [-0.15, -0.1) is 0 Å². The lowest BCUT2D eigenvalue weighted by Crippen LogP contribution is -2.91. The van der Waals surface area contributed by atoms with Gasteiger partial charge in [0.15, 0.2) is 0 Å². The maximum absolute atomic E-state index is 12.9. The molecule has 0 atom stereocenters. The van der Waals surface area contributed by atoms with Gasteiger partial charge in [-0.3, -0.25) is 4.79 Å². The Labute approximate surface area is 148 Å². The largest absolute Gasteiger partial charge is 0.346 e. The number of rotatable bonds is 6. The number of carbonyl (C=O) groups is 1. The fourth-order valence-corrected chi connectivity index (χ4v) is 3.62. The van der Waals surface area contributed by atoms with Gasteiger partial charge >= 0.3 is 0 Å². The first kappa shape index (κ1) is 17.6. The van der Waals surface area contributed by atoms with Crippen LogP contribution < -0.4 is 10.6 Å². The van der Waals surface area contributed by atoms with Crippen LogP contribution in [-0.4, -0.2) is 25.0 Å². The highest BCUT2D eigenvalue weighted by Crippen LogP contribution is 2.31. The fraction of sp³-hybridized carbons (Fsp3) is 0.381. The van der Waals surface area contributed by atoms with E-state index in [0.29, 0.717) is 24.1 Å². The molecule has 1 saturated carbocycles. The second-order valence-corrected chi connectivity index (χ2v) is 6.81. The van der Waals surface area contributed by atoms with Crippen LogP contribution in [0.1, 0.15) is 47.5 Å². The van der Waals surface area contributed by atoms with Gasteiger partial charge in [-0.1, -0.05) is 30.3 Å². The summed E-state index contributed by atoms with van der Waals surface area (Å²) in [6.45, 7) is 1.52. The minimum absolute atomic E-state index is 0.138. The molecule has 0 radical (unpaired) electrons. The van der Waals surface area contributed by atoms with Crippen LogP contribution in [0.5, 0.6) is 0 Å². The topological polar surface area (TPSA) is 45.7 Å². The summed E-state index contributed by atoms with van der Waals surface area (Å²) in [6, 6.07) is 17.1. The summed E-state index contributed by atoms with van der Waals surface area (Å²) in [5.41, 5.74) is 1.97. The minimum Gasteiger partial charge on any atom is -0.346 e. The number of hydrogen-bond donors (Lipinski definition) is 2. The van der Waals surface area contributed by atoms with Crippen LogP contribution in [0.3, 0.4) is 0 Å². The Balaban J connectivity index is 1.34. The number of benzene rings is 2. The van der Waals surface area contributed by atoms with Crippen LogP contribution in [0.15, 0.2) is 54.6 Å². The van der Waals surface area contributed by atoms with Crippen molar-refractivity contribution in [3.8, 4) is 0 Å². The van der Waals surface area contributed by atoms with E-state index in [-0.39, 0.29) is 11.7 Å². The molecule has 2 aromatic carbocycles. The van der Waals surface area contributed by atoms with Crippen molar-refractivity contribution in [2.75, 3.05) is 13.1 Å². The number of nitrogens with one attached hydrogen (secondary N) is 1. The van der Waals surface area contributed by atoms with Gasteiger partial charge in [0.1, 0.15) is 5.82 Å². The van der Waals surface area contributed by atoms with Crippen molar-refractivity contribution in [1.29, 1.82) is 0 Å². The molecule has 4 heteroatoms. The molecule has 2 aromatic rings. The highest BCUT2D eigenvalue weighted by molar-refractivity contribution is 5.94. The molecule has 0 aliphatic heterocycles. The molecule has 1 amide bonds. The Morgan fingerprint density at radius 1 is 1.00 bits per heavy atom. The molecular formula is C21H26FN2O+. The molecule has 132 valence electrons. The lowest BCUT2D eigenvalue weighted by Gasteiger charge is -2.27. The van der Waals surface area contributed by atoms with Gasteiger partial charge in [0.25, 0.3) is 5.91 Å². The van der Waals surface area contributed by atoms with E-state index in [1.807, 2.05) is 0 Å². The van der Waals surface area contributed by atoms with Crippen molar-refractivity contribution in [1.82, 2.24) is 5.32 Å². The molecule has 0 unspecified atom stereocenters. The lowest BCUT2D eigenvalue weighted by atomic mass is 9.82. The number of carbonyl (C=O) groups excluding carboxylic acids is 1. The first-order valence-corrected chi connectivity index (χ1v) is 9.14. The Hall–Kier alpha value is -2.20. The zero-order valence-corrected chi connectivity index (χ0v) is 14.5. The molecule has 3 N–H and O–H groups in total. The van der Waals surface area contributed by atoms with Crippen molar-refractivity contribution in [3.63, 3.8) is 0 Å². The average Bonchev–Trinajstić information content (AvgIpc) is 2.67. The normalized spacial score (nSPS) is 20.2. The molecule has 1 aliphatic carbocycles. The molecule has 1 aliphatic rings. The van der Waals surface area contributed by atoms with Crippen LogP contribution >= 0.6 is 0 Å². The summed E-state index contributed by atoms with van der Waals surface area (Å²) >= 11 is 0. The van der Waals surface area contributed by atoms with E-state index < -0.39 is 0 Å². The fourth-order valence-electron chi connectivity index (χ4n) is 3.62. The van der Waals surface area contributed by atoms with Crippen molar-refractivity contribution in [3.05, 3.63) is 71.5 Å². The third-order valence-corrected chi connectivity index (χ3v) is 5.08. The van der Waals surface area contributed by atoms with E-state index in [0.717, 1.165) is 6.54 Å². The van der Waals surface area contributed by atoms with E-state index in [9.17, 15) is 9.18 Å². The first-order chi connectivity index (χ1) is 12.2. The van der Waals surface area contributed by atoms with Crippen LogP contribution in [0.4, 0.5) is 4.39 Å². The van der Waals surface area contributed by atoms with Gasteiger partial charge in [0.05, 0.1) is 19.1 Å². The Morgan fingerprint density at radius 2 is 1.68 bits per heavy atom. The maximum Gasteiger partial charge on any atom is 0.251 e. The number of halogens is 1. The van der Waals surface area contributed by atoms with Gasteiger partial charge in [-0.25, -0.2) is 4.39 Å². The second kappa shape index (κ2) is 8.77. The number of nitrogens with two attached hydrogens (primary N) is 1. The highest BCUT2D eigenvalue weighted by Gasteiger charge is 2.23. The monoisotopic (exact) mass is 341 g/mol. The van der Waals surface area contributed by atoms with Crippen LogP contribution in [0.25, 0.3) is 0 Å². The summed E-state index contributed by atoms with van der Waals surface area (Å²) in [6.07, 6.45) is 4.94. The number of quaternary nitrogens is 1. The summed E-state index contributed by atoms with van der Waals surface area (Å²) in [7, 11) is 0. The van der Waals surface area contributed by atoms with Crippen LogP contribution in [0, 0.1) is 5.82 Å². The van der Waals surface area contributed by atoms with E-state index in [1.165, 1.54) is 55.5 Å². The van der Waals surface area contributed by atoms with Crippen molar-refractivity contribution in [2.45, 2.75) is 37.6 Å². The SMILES string of the molecule is O=C(NCC[NH2+]C1CCC(c2ccccc2)CC1)c1ccc(F)cc1. The van der Waals surface area contributed by atoms with Crippen LogP contribution in [-0.2, 0) is 0 Å². The van der Waals surface area contributed by atoms with E-state index >= 15 is 0 Å². The number of hydrogen-bond acceptors (Lipinski definition) is 1. The standard InChI is InChI=1S/C21H25FN2O/c22-19-10-6-18(7-11-19)21(25)24-15-14-23-20-12-8-17(9-13-20)16-4-2-1-3-5-16/h1-7,10-11,17,20,23H,8-9,12-15H2,(H,24,25)/p+1. The average molecular weight is 341 g/mol. The first-order valence-electron chi connectivity index (χ1n) is 9.14. The van der Waals surface area contributed by atoms with Crippen molar-refractivity contribution >= 4 is 5.91 Å². The molecule has 3 nitrogen and oxygen atoms in total. The lowest BCUT2D eigenvalue weighted by molar-refractivity contribution is -0.690. The van der Waals surface area contributed by atoms with E-state index in [1.54, 1.807) is 0 Å². The predicted octanol–water partition coefficient (Wildman–Crippen LogP) is 2.85. The van der Waals surface area contributed by atoms with Gasteiger partial charge in [-0.2, -0.15) is 0 Å². The van der Waals surface area contributed by atoms with Crippen molar-refractivity contribution in [2.24, 2.45) is 0 Å². The third kappa shape index (κ3) is 5.13. The second-order valence-electron chi connectivity index (χ2n) is 6.81. The summed E-state index contributed by atoms with van der Waals surface area (Å²) in [5, 5.41) is 5.25. The minimum atomic E-state index is -0.323. The molecule has 25 heavy (non-hydrogen) atoms. The highest BCUT2D eigenvalue weighted by atomic mass is 19.1. The molecule has 1 fully saturated rings. The van der Waals surface area contributed by atoms with E-state index in [2.05, 4.69) is 41.0 Å². The molecule has 0 heterocycles. The molecular weight excluding hydrogens is 315 g/mol. The van der Waals surface area contributed by atoms with Gasteiger partial charge in [-0.05, 0) is 61.4 Å². The zero-order chi connectivity index (χ0) is 17.5. The molecule has 0 saturated heterocycles. The van der Waals surface area contributed by atoms with Gasteiger partial charge in [0, 0.05) is 5.56 Å². The number of amides is 1. The summed E-state index contributed by atoms with van der Waals surface area (Å²) in [5.74, 6) is 0.237. The van der Waals surface area contributed by atoms with Gasteiger partial charge in [0.2, 0.25) is 0 Å². The van der Waals surface area contributed by atoms with Crippen LogP contribution in [0.2, 0.25) is 0 Å². The molecule has 0 spiro atoms. The summed E-state index contributed by atoms with van der Waals surface area (Å²) < 4.78 is 12.9. The molecule has 3 rings (SSSR count). The van der Waals surface area contributed by atoms with Crippen molar-refractivity contribution < 1.29 is 14.5 Å². The summed E-state index contributed by atoms with van der Waals surface area (Å²) in [4.78, 5) is 12.0. The Morgan fingerprint density at radius 3 is 2.36 bits per heavy atom. The predicted molar refractivity (Wildman–Crippen MR) is 97.0 cm³/mol. The third-order valence-electron chi connectivity index (χ3n) is 5.08. The van der Waals surface area contributed by atoms with E-state index in [4.69, 9.17) is 0 Å².